The maximum Gasteiger partial charge on any atom is 0.332 e. The van der Waals surface area contributed by atoms with Crippen molar-refractivity contribution in [2.45, 2.75) is 57.4 Å². The summed E-state index contributed by atoms with van der Waals surface area (Å²) >= 11 is 6.22. The van der Waals surface area contributed by atoms with Crippen molar-refractivity contribution >= 4 is 17.5 Å². The average molecular weight is 437 g/mol. The number of nitrogens with zero attached hydrogens (tertiary/aromatic N) is 2. The van der Waals surface area contributed by atoms with Gasteiger partial charge in [-0.25, -0.2) is 4.79 Å². The number of nitrogens with two attached hydrogens (primary N) is 1. The molecule has 1 aliphatic rings. The number of benzene rings is 1. The van der Waals surface area contributed by atoms with Gasteiger partial charge in [-0.15, -0.1) is 0 Å². The van der Waals surface area contributed by atoms with Crippen LogP contribution in [0.1, 0.15) is 48.9 Å². The third-order valence-electron chi connectivity index (χ3n) is 5.63. The van der Waals surface area contributed by atoms with Crippen molar-refractivity contribution in [2.75, 3.05) is 6.54 Å². The van der Waals surface area contributed by atoms with Gasteiger partial charge in [0.05, 0.1) is 28.9 Å². The summed E-state index contributed by atoms with van der Waals surface area (Å²) < 4.78 is 2.71. The third-order valence-corrected chi connectivity index (χ3v) is 5.95. The van der Waals surface area contributed by atoms with Crippen LogP contribution in [0.4, 0.5) is 0 Å². The van der Waals surface area contributed by atoms with Crippen molar-refractivity contribution < 1.29 is 15.0 Å². The standard InChI is InChI=1S/C21H29ClN4O4/c22-18-8-7-15(26-10-9-25(21(26)30)13-16(27)12-23)11-17(18)20(29)24-19(28)14-5-3-1-2-4-6-14/h7-11,14,16,19,27-28H,1-6,12-13,23H2,(H,24,29). The number of aromatic nitrogens is 2. The lowest BCUT2D eigenvalue weighted by Crippen LogP contribution is -2.40. The molecule has 1 saturated carbocycles. The Morgan fingerprint density at radius 2 is 1.90 bits per heavy atom. The van der Waals surface area contributed by atoms with E-state index >= 15 is 0 Å². The molecule has 1 aromatic heterocycles. The molecule has 2 unspecified atom stereocenters. The number of carbonyl (C=O) groups is 1. The smallest absolute Gasteiger partial charge is 0.332 e. The lowest BCUT2D eigenvalue weighted by atomic mass is 9.98. The van der Waals surface area contributed by atoms with Crippen molar-refractivity contribution in [3.63, 3.8) is 0 Å². The first kappa shape index (κ1) is 22.6. The van der Waals surface area contributed by atoms with E-state index < -0.39 is 18.2 Å². The molecular formula is C21H29ClN4O4. The Hall–Kier alpha value is -2.13. The third kappa shape index (κ3) is 5.31. The van der Waals surface area contributed by atoms with Crippen LogP contribution in [0.15, 0.2) is 35.4 Å². The van der Waals surface area contributed by atoms with Crippen LogP contribution in [-0.4, -0.2) is 44.1 Å². The van der Waals surface area contributed by atoms with Gasteiger partial charge in [0.2, 0.25) is 0 Å². The largest absolute Gasteiger partial charge is 0.390 e. The van der Waals surface area contributed by atoms with Crippen LogP contribution >= 0.6 is 11.6 Å². The monoisotopic (exact) mass is 436 g/mol. The van der Waals surface area contributed by atoms with E-state index in [2.05, 4.69) is 5.32 Å². The average Bonchev–Trinajstić information content (AvgIpc) is 2.94. The summed E-state index contributed by atoms with van der Waals surface area (Å²) in [6.07, 6.45) is 7.51. The minimum Gasteiger partial charge on any atom is -0.390 e. The maximum atomic E-state index is 12.8. The van der Waals surface area contributed by atoms with Gasteiger partial charge in [0.1, 0.15) is 6.23 Å². The number of aliphatic hydroxyl groups excluding tert-OH is 2. The Morgan fingerprint density at radius 3 is 2.57 bits per heavy atom. The van der Waals surface area contributed by atoms with Crippen LogP contribution < -0.4 is 16.7 Å². The van der Waals surface area contributed by atoms with Crippen LogP contribution in [0.2, 0.25) is 5.02 Å². The molecule has 0 bridgehead atoms. The fourth-order valence-electron chi connectivity index (χ4n) is 3.84. The molecule has 5 N–H and O–H groups in total. The number of imidazole rings is 1. The van der Waals surface area contributed by atoms with Gasteiger partial charge in [0.25, 0.3) is 5.91 Å². The van der Waals surface area contributed by atoms with Gasteiger partial charge in [-0.05, 0) is 31.0 Å². The fraction of sp³-hybridized carbons (Fsp3) is 0.524. The van der Waals surface area contributed by atoms with Gasteiger partial charge in [0, 0.05) is 24.9 Å². The molecule has 2 aromatic rings. The quantitative estimate of drug-likeness (QED) is 0.388. The lowest BCUT2D eigenvalue weighted by Gasteiger charge is -2.22. The molecular weight excluding hydrogens is 408 g/mol. The van der Waals surface area contributed by atoms with Crippen LogP contribution in [-0.2, 0) is 6.54 Å². The second-order valence-electron chi connectivity index (χ2n) is 7.83. The summed E-state index contributed by atoms with van der Waals surface area (Å²) in [5, 5.41) is 23.1. The summed E-state index contributed by atoms with van der Waals surface area (Å²) in [6.45, 7) is 0.128. The number of carbonyl (C=O) groups excluding carboxylic acids is 1. The lowest BCUT2D eigenvalue weighted by molar-refractivity contribution is 0.0532. The molecule has 9 heteroatoms. The van der Waals surface area contributed by atoms with Crippen LogP contribution in [0.3, 0.4) is 0 Å². The van der Waals surface area contributed by atoms with E-state index in [9.17, 15) is 19.8 Å². The predicted octanol–water partition coefficient (Wildman–Crippen LogP) is 1.63. The highest BCUT2D eigenvalue weighted by molar-refractivity contribution is 6.33. The van der Waals surface area contributed by atoms with E-state index in [4.69, 9.17) is 17.3 Å². The zero-order valence-corrected chi connectivity index (χ0v) is 17.6. The zero-order valence-electron chi connectivity index (χ0n) is 16.8. The van der Waals surface area contributed by atoms with Crippen molar-refractivity contribution in [3.8, 4) is 5.69 Å². The summed E-state index contributed by atoms with van der Waals surface area (Å²) in [4.78, 5) is 25.4. The molecule has 1 amide bonds. The van der Waals surface area contributed by atoms with Gasteiger partial charge < -0.3 is 21.3 Å². The van der Waals surface area contributed by atoms with E-state index in [1.807, 2.05) is 0 Å². The summed E-state index contributed by atoms with van der Waals surface area (Å²) in [5.41, 5.74) is 5.68. The first-order valence-corrected chi connectivity index (χ1v) is 10.7. The first-order chi connectivity index (χ1) is 14.4. The molecule has 0 spiro atoms. The van der Waals surface area contributed by atoms with Crippen molar-refractivity contribution in [3.05, 3.63) is 51.7 Å². The molecule has 0 aliphatic heterocycles. The van der Waals surface area contributed by atoms with Gasteiger partial charge in [-0.3, -0.25) is 13.9 Å². The highest BCUT2D eigenvalue weighted by atomic mass is 35.5. The van der Waals surface area contributed by atoms with Crippen molar-refractivity contribution in [1.29, 1.82) is 0 Å². The second kappa shape index (κ2) is 10.3. The maximum absolute atomic E-state index is 12.8. The molecule has 1 aromatic carbocycles. The van der Waals surface area contributed by atoms with Crippen molar-refractivity contribution in [1.82, 2.24) is 14.5 Å². The van der Waals surface area contributed by atoms with Gasteiger partial charge >= 0.3 is 5.69 Å². The zero-order chi connectivity index (χ0) is 21.7. The Labute approximate surface area is 180 Å². The second-order valence-corrected chi connectivity index (χ2v) is 8.23. The number of nitrogens with one attached hydrogen (secondary N) is 1. The van der Waals surface area contributed by atoms with Crippen LogP contribution in [0.25, 0.3) is 5.69 Å². The molecule has 1 aliphatic carbocycles. The molecule has 8 nitrogen and oxygen atoms in total. The number of hydrogen-bond donors (Lipinski definition) is 4. The van der Waals surface area contributed by atoms with Crippen molar-refractivity contribution in [2.24, 2.45) is 11.7 Å². The minimum atomic E-state index is -0.933. The fourth-order valence-corrected chi connectivity index (χ4v) is 4.05. The first-order valence-electron chi connectivity index (χ1n) is 10.4. The van der Waals surface area contributed by atoms with E-state index in [1.165, 1.54) is 15.2 Å². The van der Waals surface area contributed by atoms with Gasteiger partial charge in [0.15, 0.2) is 0 Å². The Bertz CT molecular complexity index is 918. The van der Waals surface area contributed by atoms with E-state index in [0.717, 1.165) is 38.5 Å². The van der Waals surface area contributed by atoms with E-state index in [-0.39, 0.29) is 35.3 Å². The molecule has 3 rings (SSSR count). The Morgan fingerprint density at radius 1 is 1.20 bits per heavy atom. The van der Waals surface area contributed by atoms with Gasteiger partial charge in [-0.1, -0.05) is 37.3 Å². The molecule has 0 radical (unpaired) electrons. The summed E-state index contributed by atoms with van der Waals surface area (Å²) in [5.74, 6) is -0.450. The molecule has 30 heavy (non-hydrogen) atoms. The normalized spacial score (nSPS) is 17.3. The number of aliphatic hydroxyl groups is 2. The Kier molecular flexibility index (Phi) is 7.71. The van der Waals surface area contributed by atoms with E-state index in [0.29, 0.717) is 5.69 Å². The molecule has 2 atom stereocenters. The Balaban J connectivity index is 1.78. The molecule has 1 heterocycles. The number of hydrogen-bond acceptors (Lipinski definition) is 5. The number of rotatable bonds is 7. The van der Waals surface area contributed by atoms with Gasteiger partial charge in [-0.2, -0.15) is 0 Å². The number of halogens is 1. The summed E-state index contributed by atoms with van der Waals surface area (Å²) in [6, 6.07) is 4.69. The van der Waals surface area contributed by atoms with Crippen LogP contribution in [0.5, 0.6) is 0 Å². The molecule has 0 saturated heterocycles. The van der Waals surface area contributed by atoms with Crippen LogP contribution in [0, 0.1) is 5.92 Å². The SMILES string of the molecule is NCC(O)Cn1ccn(-c2ccc(Cl)c(C(=O)NC(O)C3CCCCCC3)c2)c1=O. The van der Waals surface area contributed by atoms with E-state index in [1.54, 1.807) is 24.5 Å². The highest BCUT2D eigenvalue weighted by Crippen LogP contribution is 2.25. The highest BCUT2D eigenvalue weighted by Gasteiger charge is 2.24. The predicted molar refractivity (Wildman–Crippen MR) is 115 cm³/mol. The summed E-state index contributed by atoms with van der Waals surface area (Å²) in [7, 11) is 0. The topological polar surface area (TPSA) is 123 Å². The number of amides is 1. The molecule has 164 valence electrons. The molecule has 1 fully saturated rings. The minimum absolute atomic E-state index is 0.0315.